The van der Waals surface area contributed by atoms with E-state index in [0.717, 1.165) is 37.7 Å². The van der Waals surface area contributed by atoms with Gasteiger partial charge < -0.3 is 4.74 Å². The molecule has 1 aliphatic carbocycles. The second-order valence-corrected chi connectivity index (χ2v) is 7.90. The minimum atomic E-state index is -0.754. The maximum atomic E-state index is 12.7. The molecular weight excluding hydrogens is 360 g/mol. The number of ether oxygens (including phenoxy) is 1. The van der Waals surface area contributed by atoms with Crippen molar-refractivity contribution in [3.05, 3.63) is 35.9 Å². The summed E-state index contributed by atoms with van der Waals surface area (Å²) in [5.41, 5.74) is 0.450. The topological polar surface area (TPSA) is 76.2 Å². The lowest BCUT2D eigenvalue weighted by molar-refractivity contribution is -0.203. The molecule has 2 amide bonds. The number of hydrogen-bond acceptors (Lipinski definition) is 6. The van der Waals surface area contributed by atoms with Crippen molar-refractivity contribution in [2.24, 2.45) is 5.92 Å². The van der Waals surface area contributed by atoms with Crippen LogP contribution in [0.5, 0.6) is 0 Å². The molecule has 28 heavy (non-hydrogen) atoms. The number of hydroxylamine groups is 2. The lowest BCUT2D eigenvalue weighted by atomic mass is 9.71. The largest absolute Gasteiger partial charge is 0.461 e. The lowest BCUT2D eigenvalue weighted by Crippen LogP contribution is -2.52. The summed E-state index contributed by atoms with van der Waals surface area (Å²) < 4.78 is 5.35. The zero-order valence-electron chi connectivity index (χ0n) is 16.1. The molecule has 4 rings (SSSR count). The Bertz CT molecular complexity index is 759. The van der Waals surface area contributed by atoms with Crippen molar-refractivity contribution in [3.63, 3.8) is 0 Å². The zero-order chi connectivity index (χ0) is 19.7. The van der Waals surface area contributed by atoms with Crippen LogP contribution in [0.3, 0.4) is 0 Å². The first-order valence-corrected chi connectivity index (χ1v) is 9.98. The van der Waals surface area contributed by atoms with Crippen molar-refractivity contribution in [1.82, 2.24) is 9.96 Å². The minimum absolute atomic E-state index is 0.159. The summed E-state index contributed by atoms with van der Waals surface area (Å²) in [6, 6.07) is 9.53. The van der Waals surface area contributed by atoms with E-state index in [2.05, 4.69) is 0 Å². The van der Waals surface area contributed by atoms with Crippen LogP contribution >= 0.6 is 0 Å². The minimum Gasteiger partial charge on any atom is -0.461 e. The van der Waals surface area contributed by atoms with Crippen LogP contribution in [0, 0.1) is 5.92 Å². The van der Waals surface area contributed by atoms with Crippen LogP contribution in [0.25, 0.3) is 0 Å². The molecule has 1 aromatic rings. The van der Waals surface area contributed by atoms with Crippen LogP contribution in [0.1, 0.15) is 44.1 Å². The monoisotopic (exact) mass is 386 g/mol. The number of fused-ring (bicyclic) bond motifs is 2. The SMILES string of the molecule is CN1C(=O)[C@H]2ON(CCC(=O)OCc3ccccc3)C3(CCCCC3)[C@H]2C1=O. The zero-order valence-corrected chi connectivity index (χ0v) is 16.1. The van der Waals surface area contributed by atoms with Gasteiger partial charge in [-0.25, -0.2) is 0 Å². The average molecular weight is 386 g/mol. The first-order chi connectivity index (χ1) is 13.5. The number of benzene rings is 1. The smallest absolute Gasteiger partial charge is 0.307 e. The van der Waals surface area contributed by atoms with Crippen LogP contribution in [-0.4, -0.2) is 53.0 Å². The molecule has 1 spiro atoms. The summed E-state index contributed by atoms with van der Waals surface area (Å²) in [6.07, 6.45) is 4.12. The van der Waals surface area contributed by atoms with E-state index in [1.165, 1.54) is 11.9 Å². The number of esters is 1. The summed E-state index contributed by atoms with van der Waals surface area (Å²) in [6.45, 7) is 0.559. The highest BCUT2D eigenvalue weighted by molar-refractivity contribution is 6.07. The van der Waals surface area contributed by atoms with E-state index < -0.39 is 17.6 Å². The summed E-state index contributed by atoms with van der Waals surface area (Å²) >= 11 is 0. The van der Waals surface area contributed by atoms with Gasteiger partial charge in [-0.15, -0.1) is 0 Å². The van der Waals surface area contributed by atoms with Crippen LogP contribution < -0.4 is 0 Å². The quantitative estimate of drug-likeness (QED) is 0.570. The van der Waals surface area contributed by atoms with Crippen molar-refractivity contribution in [2.75, 3.05) is 13.6 Å². The molecule has 3 fully saturated rings. The maximum Gasteiger partial charge on any atom is 0.307 e. The molecule has 1 aromatic carbocycles. The summed E-state index contributed by atoms with van der Waals surface area (Å²) in [7, 11) is 1.52. The highest BCUT2D eigenvalue weighted by Crippen LogP contribution is 2.50. The van der Waals surface area contributed by atoms with E-state index in [-0.39, 0.29) is 30.8 Å². The number of likely N-dealkylation sites (tertiary alicyclic amines) is 1. The molecule has 2 saturated heterocycles. The Morgan fingerprint density at radius 3 is 2.57 bits per heavy atom. The van der Waals surface area contributed by atoms with Crippen molar-refractivity contribution in [1.29, 1.82) is 0 Å². The Hall–Kier alpha value is -2.25. The van der Waals surface area contributed by atoms with Gasteiger partial charge in [0.05, 0.1) is 17.9 Å². The molecule has 1 saturated carbocycles. The first kappa shape index (κ1) is 19.1. The van der Waals surface area contributed by atoms with Crippen molar-refractivity contribution in [3.8, 4) is 0 Å². The van der Waals surface area contributed by atoms with E-state index in [0.29, 0.717) is 6.54 Å². The Morgan fingerprint density at radius 1 is 1.14 bits per heavy atom. The summed E-state index contributed by atoms with van der Waals surface area (Å²) in [4.78, 5) is 44.5. The molecule has 7 heteroatoms. The molecule has 0 unspecified atom stereocenters. The van der Waals surface area contributed by atoms with E-state index in [1.807, 2.05) is 30.3 Å². The first-order valence-electron chi connectivity index (χ1n) is 9.98. The molecular formula is C21H26N2O5. The Labute approximate surface area is 164 Å². The van der Waals surface area contributed by atoms with Crippen molar-refractivity contribution in [2.45, 2.75) is 56.8 Å². The number of carbonyl (C=O) groups excluding carboxylic acids is 3. The van der Waals surface area contributed by atoms with Crippen LogP contribution in [0.4, 0.5) is 0 Å². The van der Waals surface area contributed by atoms with Gasteiger partial charge in [0.15, 0.2) is 6.10 Å². The Kier molecular flexibility index (Phi) is 5.21. The van der Waals surface area contributed by atoms with Crippen molar-refractivity contribution >= 4 is 17.8 Å². The summed E-state index contributed by atoms with van der Waals surface area (Å²) in [5.74, 6) is -1.23. The Balaban J connectivity index is 1.41. The fourth-order valence-corrected chi connectivity index (χ4v) is 4.80. The highest BCUT2D eigenvalue weighted by Gasteiger charge is 2.65. The number of likely N-dealkylation sites (N-methyl/N-ethyl adjacent to an activating group) is 1. The number of imide groups is 1. The van der Waals surface area contributed by atoms with Gasteiger partial charge in [0.2, 0.25) is 5.91 Å². The molecule has 0 aromatic heterocycles. The van der Waals surface area contributed by atoms with Gasteiger partial charge >= 0.3 is 5.97 Å². The Morgan fingerprint density at radius 2 is 1.86 bits per heavy atom. The van der Waals surface area contributed by atoms with Gasteiger partial charge in [-0.05, 0) is 18.4 Å². The molecule has 2 heterocycles. The van der Waals surface area contributed by atoms with E-state index in [9.17, 15) is 14.4 Å². The number of carbonyl (C=O) groups is 3. The van der Waals surface area contributed by atoms with Gasteiger partial charge in [0.1, 0.15) is 6.61 Å². The number of hydrogen-bond donors (Lipinski definition) is 0. The van der Waals surface area contributed by atoms with Gasteiger partial charge in [-0.1, -0.05) is 49.6 Å². The van der Waals surface area contributed by atoms with Crippen LogP contribution in [-0.2, 0) is 30.6 Å². The second-order valence-electron chi connectivity index (χ2n) is 7.90. The fourth-order valence-electron chi connectivity index (χ4n) is 4.80. The van der Waals surface area contributed by atoms with Crippen LogP contribution in [0.2, 0.25) is 0 Å². The van der Waals surface area contributed by atoms with E-state index >= 15 is 0 Å². The molecule has 150 valence electrons. The molecule has 3 aliphatic rings. The molecule has 0 N–H and O–H groups in total. The van der Waals surface area contributed by atoms with Crippen LogP contribution in [0.15, 0.2) is 30.3 Å². The third-order valence-electron chi connectivity index (χ3n) is 6.27. The van der Waals surface area contributed by atoms with E-state index in [4.69, 9.17) is 9.57 Å². The predicted octanol–water partition coefficient (Wildman–Crippen LogP) is 2.05. The third kappa shape index (κ3) is 3.22. The molecule has 7 nitrogen and oxygen atoms in total. The number of amides is 2. The standard InChI is InChI=1S/C21H26N2O5/c1-22-19(25)17-18(20(22)26)28-23(21(17)11-6-3-7-12-21)13-10-16(24)27-14-15-8-4-2-5-9-15/h2,4-5,8-9,17-18H,3,6-7,10-14H2,1H3/t17-,18+/m1/s1. The number of nitrogens with zero attached hydrogens (tertiary/aromatic N) is 2. The van der Waals surface area contributed by atoms with E-state index in [1.54, 1.807) is 5.06 Å². The lowest BCUT2D eigenvalue weighted by Gasteiger charge is -2.42. The maximum absolute atomic E-state index is 12.7. The van der Waals surface area contributed by atoms with Gasteiger partial charge in [0, 0.05) is 13.6 Å². The van der Waals surface area contributed by atoms with Gasteiger partial charge in [-0.2, -0.15) is 5.06 Å². The van der Waals surface area contributed by atoms with Crippen molar-refractivity contribution < 1.29 is 24.0 Å². The molecule has 2 aliphatic heterocycles. The van der Waals surface area contributed by atoms with Gasteiger partial charge in [-0.3, -0.25) is 24.1 Å². The predicted molar refractivity (Wildman–Crippen MR) is 99.5 cm³/mol. The highest BCUT2D eigenvalue weighted by atomic mass is 16.7. The normalized spacial score (nSPS) is 26.7. The summed E-state index contributed by atoms with van der Waals surface area (Å²) in [5, 5.41) is 1.76. The second kappa shape index (κ2) is 7.64. The third-order valence-corrected chi connectivity index (χ3v) is 6.27. The molecule has 0 bridgehead atoms. The number of rotatable bonds is 5. The fraction of sp³-hybridized carbons (Fsp3) is 0.571. The van der Waals surface area contributed by atoms with Gasteiger partial charge in [0.25, 0.3) is 5.91 Å². The molecule has 0 radical (unpaired) electrons. The average Bonchev–Trinajstić information content (AvgIpc) is 3.14. The molecule has 2 atom stereocenters.